The number of aryl methyl sites for hydroxylation is 1. The zero-order valence-corrected chi connectivity index (χ0v) is 15.8. The fourth-order valence-corrected chi connectivity index (χ4v) is 3.17. The Hall–Kier alpha value is -2.65. The molecule has 9 heteroatoms. The van der Waals surface area contributed by atoms with Gasteiger partial charge in [-0.3, -0.25) is 0 Å². The number of rotatable bonds is 5. The zero-order valence-electron chi connectivity index (χ0n) is 15.8. The number of morpholine rings is 1. The SMILES string of the molecule is COCC(C)n1cnc2c(-c3cnc(C)nc3)nc(N3CCOCC3)nc21. The molecular formula is C18H23N7O2. The molecule has 1 saturated heterocycles. The number of hydrogen-bond acceptors (Lipinski definition) is 8. The van der Waals surface area contributed by atoms with Crippen LogP contribution in [-0.2, 0) is 9.47 Å². The molecule has 9 nitrogen and oxygen atoms in total. The summed E-state index contributed by atoms with van der Waals surface area (Å²) >= 11 is 0. The Bertz CT molecular complexity index is 919. The van der Waals surface area contributed by atoms with E-state index >= 15 is 0 Å². The minimum Gasteiger partial charge on any atom is -0.383 e. The number of fused-ring (bicyclic) bond motifs is 1. The van der Waals surface area contributed by atoms with E-state index in [-0.39, 0.29) is 6.04 Å². The monoisotopic (exact) mass is 369 g/mol. The molecule has 1 aliphatic heterocycles. The van der Waals surface area contributed by atoms with Gasteiger partial charge in [0.2, 0.25) is 5.95 Å². The van der Waals surface area contributed by atoms with E-state index in [4.69, 9.17) is 19.4 Å². The van der Waals surface area contributed by atoms with Crippen LogP contribution in [0.2, 0.25) is 0 Å². The van der Waals surface area contributed by atoms with Crippen LogP contribution in [0, 0.1) is 6.92 Å². The Labute approximate surface area is 157 Å². The number of ether oxygens (including phenoxy) is 2. The fraction of sp³-hybridized carbons (Fsp3) is 0.500. The molecule has 0 radical (unpaired) electrons. The molecule has 0 saturated carbocycles. The molecular weight excluding hydrogens is 346 g/mol. The van der Waals surface area contributed by atoms with Crippen molar-refractivity contribution in [1.82, 2.24) is 29.5 Å². The second-order valence-electron chi connectivity index (χ2n) is 6.62. The quantitative estimate of drug-likeness (QED) is 0.670. The number of hydrogen-bond donors (Lipinski definition) is 0. The van der Waals surface area contributed by atoms with Crippen molar-refractivity contribution in [3.05, 3.63) is 24.5 Å². The summed E-state index contributed by atoms with van der Waals surface area (Å²) in [5, 5.41) is 0. The summed E-state index contributed by atoms with van der Waals surface area (Å²) < 4.78 is 12.8. The maximum Gasteiger partial charge on any atom is 0.228 e. The zero-order chi connectivity index (χ0) is 18.8. The van der Waals surface area contributed by atoms with Crippen LogP contribution < -0.4 is 4.90 Å². The summed E-state index contributed by atoms with van der Waals surface area (Å²) in [6.07, 6.45) is 5.36. The summed E-state index contributed by atoms with van der Waals surface area (Å²) in [6, 6.07) is 0.106. The normalized spacial score (nSPS) is 16.0. The predicted molar refractivity (Wildman–Crippen MR) is 101 cm³/mol. The Balaban J connectivity index is 1.87. The van der Waals surface area contributed by atoms with Gasteiger partial charge in [-0.2, -0.15) is 4.98 Å². The smallest absolute Gasteiger partial charge is 0.228 e. The van der Waals surface area contributed by atoms with Gasteiger partial charge in [0.1, 0.15) is 17.0 Å². The molecule has 142 valence electrons. The number of methoxy groups -OCH3 is 1. The molecule has 1 aliphatic rings. The Morgan fingerprint density at radius 2 is 1.89 bits per heavy atom. The van der Waals surface area contributed by atoms with Gasteiger partial charge in [-0.05, 0) is 13.8 Å². The molecule has 3 aromatic rings. The lowest BCUT2D eigenvalue weighted by molar-refractivity contribution is 0.122. The fourth-order valence-electron chi connectivity index (χ4n) is 3.17. The first kappa shape index (κ1) is 17.7. The van der Waals surface area contributed by atoms with Gasteiger partial charge in [0, 0.05) is 38.2 Å². The van der Waals surface area contributed by atoms with Gasteiger partial charge < -0.3 is 18.9 Å². The van der Waals surface area contributed by atoms with Crippen LogP contribution in [0.25, 0.3) is 22.4 Å². The lowest BCUT2D eigenvalue weighted by Gasteiger charge is -2.27. The molecule has 0 aliphatic carbocycles. The molecule has 1 fully saturated rings. The third-order valence-corrected chi connectivity index (χ3v) is 4.64. The first-order valence-corrected chi connectivity index (χ1v) is 9.02. The molecule has 1 atom stereocenters. The molecule has 4 heterocycles. The van der Waals surface area contributed by atoms with Gasteiger partial charge in [-0.1, -0.05) is 0 Å². The molecule has 4 rings (SSSR count). The van der Waals surface area contributed by atoms with E-state index in [1.54, 1.807) is 25.8 Å². The van der Waals surface area contributed by atoms with Crippen LogP contribution in [0.15, 0.2) is 18.7 Å². The second-order valence-corrected chi connectivity index (χ2v) is 6.62. The van der Waals surface area contributed by atoms with Crippen LogP contribution in [0.5, 0.6) is 0 Å². The van der Waals surface area contributed by atoms with E-state index in [9.17, 15) is 0 Å². The average molecular weight is 369 g/mol. The first-order valence-electron chi connectivity index (χ1n) is 9.02. The highest BCUT2D eigenvalue weighted by Gasteiger charge is 2.21. The van der Waals surface area contributed by atoms with Gasteiger partial charge in [-0.25, -0.2) is 19.9 Å². The molecule has 3 aromatic heterocycles. The topological polar surface area (TPSA) is 91.1 Å². The van der Waals surface area contributed by atoms with E-state index in [2.05, 4.69) is 26.8 Å². The highest BCUT2D eigenvalue weighted by molar-refractivity contribution is 5.88. The molecule has 27 heavy (non-hydrogen) atoms. The van der Waals surface area contributed by atoms with Gasteiger partial charge >= 0.3 is 0 Å². The molecule has 1 unspecified atom stereocenters. The summed E-state index contributed by atoms with van der Waals surface area (Å²) in [5.74, 6) is 1.39. The lowest BCUT2D eigenvalue weighted by atomic mass is 10.2. The van der Waals surface area contributed by atoms with Crippen molar-refractivity contribution in [1.29, 1.82) is 0 Å². The highest BCUT2D eigenvalue weighted by atomic mass is 16.5. The summed E-state index contributed by atoms with van der Waals surface area (Å²) in [6.45, 7) is 7.38. The third-order valence-electron chi connectivity index (χ3n) is 4.64. The Morgan fingerprint density at radius 1 is 1.15 bits per heavy atom. The van der Waals surface area contributed by atoms with Gasteiger partial charge in [0.05, 0.1) is 32.2 Å². The Kier molecular flexibility index (Phi) is 4.95. The largest absolute Gasteiger partial charge is 0.383 e. The van der Waals surface area contributed by atoms with Gasteiger partial charge in [0.25, 0.3) is 0 Å². The number of anilines is 1. The molecule has 0 aromatic carbocycles. The van der Waals surface area contributed by atoms with Crippen LogP contribution in [0.1, 0.15) is 18.8 Å². The lowest BCUT2D eigenvalue weighted by Crippen LogP contribution is -2.37. The van der Waals surface area contributed by atoms with Crippen molar-refractivity contribution in [3.63, 3.8) is 0 Å². The maximum atomic E-state index is 5.46. The van der Waals surface area contributed by atoms with Crippen molar-refractivity contribution in [3.8, 4) is 11.3 Å². The van der Waals surface area contributed by atoms with Crippen LogP contribution >= 0.6 is 0 Å². The molecule has 0 amide bonds. The van der Waals surface area contributed by atoms with E-state index in [1.807, 2.05) is 11.5 Å². The Morgan fingerprint density at radius 3 is 2.59 bits per heavy atom. The number of nitrogens with zero attached hydrogens (tertiary/aromatic N) is 7. The number of aromatic nitrogens is 6. The van der Waals surface area contributed by atoms with E-state index in [0.29, 0.717) is 25.8 Å². The predicted octanol–water partition coefficient (Wildman–Crippen LogP) is 1.64. The maximum absolute atomic E-state index is 5.46. The van der Waals surface area contributed by atoms with Gasteiger partial charge in [0.15, 0.2) is 5.65 Å². The summed E-state index contributed by atoms with van der Waals surface area (Å²) in [4.78, 5) is 25.0. The van der Waals surface area contributed by atoms with Crippen molar-refractivity contribution < 1.29 is 9.47 Å². The molecule has 0 bridgehead atoms. The summed E-state index contributed by atoms with van der Waals surface area (Å²) in [5.41, 5.74) is 3.09. The van der Waals surface area contributed by atoms with E-state index < -0.39 is 0 Å². The van der Waals surface area contributed by atoms with Gasteiger partial charge in [-0.15, -0.1) is 0 Å². The van der Waals surface area contributed by atoms with Crippen molar-refractivity contribution >= 4 is 17.1 Å². The van der Waals surface area contributed by atoms with E-state index in [0.717, 1.165) is 41.3 Å². The second kappa shape index (κ2) is 7.53. The number of imidazole rings is 1. The minimum atomic E-state index is 0.106. The standard InChI is InChI=1S/C18H23N7O2/c1-12(10-26-3)25-11-21-16-15(14-8-19-13(2)20-9-14)22-18(23-17(16)25)24-4-6-27-7-5-24/h8-9,11-12H,4-7,10H2,1-3H3. The first-order chi connectivity index (χ1) is 13.2. The summed E-state index contributed by atoms with van der Waals surface area (Å²) in [7, 11) is 1.69. The van der Waals surface area contributed by atoms with Crippen molar-refractivity contribution in [2.75, 3.05) is 44.9 Å². The molecule has 0 spiro atoms. The van der Waals surface area contributed by atoms with Crippen LogP contribution in [0.3, 0.4) is 0 Å². The molecule has 0 N–H and O–H groups in total. The van der Waals surface area contributed by atoms with Crippen LogP contribution in [-0.4, -0.2) is 69.5 Å². The van der Waals surface area contributed by atoms with Crippen molar-refractivity contribution in [2.45, 2.75) is 19.9 Å². The van der Waals surface area contributed by atoms with Crippen molar-refractivity contribution in [2.24, 2.45) is 0 Å². The third kappa shape index (κ3) is 3.47. The minimum absolute atomic E-state index is 0.106. The van der Waals surface area contributed by atoms with E-state index in [1.165, 1.54) is 0 Å². The van der Waals surface area contributed by atoms with Crippen LogP contribution in [0.4, 0.5) is 5.95 Å². The average Bonchev–Trinajstić information content (AvgIpc) is 3.13. The highest BCUT2D eigenvalue weighted by Crippen LogP contribution is 2.28.